The van der Waals surface area contributed by atoms with Crippen LogP contribution in [0.25, 0.3) is 0 Å². The molecule has 66 valence electrons. The third-order valence-corrected chi connectivity index (χ3v) is 2.91. The Morgan fingerprint density at radius 3 is 2.55 bits per heavy atom. The number of ether oxygens (including phenoxy) is 1. The fourth-order valence-electron chi connectivity index (χ4n) is 2.01. The minimum Gasteiger partial charge on any atom is -0.381 e. The molecule has 0 aromatic heterocycles. The molecule has 0 amide bonds. The molecule has 0 heterocycles. The monoisotopic (exact) mass is 156 g/mol. The lowest BCUT2D eigenvalue weighted by Crippen LogP contribution is -2.39. The molecular formula is C10H20O. The summed E-state index contributed by atoms with van der Waals surface area (Å²) in [6.45, 7) is 4.65. The van der Waals surface area contributed by atoms with E-state index in [1.54, 1.807) is 0 Å². The van der Waals surface area contributed by atoms with Crippen molar-refractivity contribution in [2.45, 2.75) is 52.1 Å². The van der Waals surface area contributed by atoms with Crippen molar-refractivity contribution in [1.29, 1.82) is 0 Å². The maximum atomic E-state index is 5.26. The van der Waals surface area contributed by atoms with Crippen molar-refractivity contribution < 1.29 is 4.74 Å². The minimum atomic E-state index is 0.567. The molecule has 1 fully saturated rings. The van der Waals surface area contributed by atoms with Gasteiger partial charge in [0.1, 0.15) is 0 Å². The largest absolute Gasteiger partial charge is 0.381 e. The summed E-state index contributed by atoms with van der Waals surface area (Å²) in [5, 5.41) is 0. The molecule has 0 aromatic rings. The van der Waals surface area contributed by atoms with E-state index in [4.69, 9.17) is 4.74 Å². The smallest absolute Gasteiger partial charge is 0.0581 e. The molecule has 1 aliphatic rings. The van der Waals surface area contributed by atoms with Crippen LogP contribution in [0, 0.1) is 5.41 Å². The normalized spacial score (nSPS) is 36.8. The molecule has 1 heteroatoms. The van der Waals surface area contributed by atoms with E-state index in [-0.39, 0.29) is 0 Å². The summed E-state index contributed by atoms with van der Waals surface area (Å²) in [6.07, 6.45) is 7.23. The molecule has 0 radical (unpaired) electrons. The van der Waals surface area contributed by atoms with Crippen LogP contribution in [-0.4, -0.2) is 13.2 Å². The van der Waals surface area contributed by atoms with Crippen LogP contribution >= 0.6 is 0 Å². The van der Waals surface area contributed by atoms with Gasteiger partial charge in [-0.1, -0.05) is 26.7 Å². The van der Waals surface area contributed by atoms with Gasteiger partial charge in [-0.15, -0.1) is 0 Å². The zero-order valence-corrected chi connectivity index (χ0v) is 8.02. The fourth-order valence-corrected chi connectivity index (χ4v) is 2.01. The van der Waals surface area contributed by atoms with E-state index < -0.39 is 0 Å². The fraction of sp³-hybridized carbons (Fsp3) is 1.00. The molecule has 0 N–H and O–H groups in total. The number of rotatable bonds is 4. The number of methoxy groups -OCH3 is 1. The van der Waals surface area contributed by atoms with Gasteiger partial charge in [0.05, 0.1) is 6.10 Å². The molecule has 1 rings (SSSR count). The lowest BCUT2D eigenvalue weighted by molar-refractivity contribution is -0.0544. The average Bonchev–Trinajstić information content (AvgIpc) is 1.95. The molecular weight excluding hydrogens is 136 g/mol. The molecule has 1 aliphatic carbocycles. The third kappa shape index (κ3) is 2.19. The van der Waals surface area contributed by atoms with Gasteiger partial charge >= 0.3 is 0 Å². The Labute approximate surface area is 70.1 Å². The van der Waals surface area contributed by atoms with Crippen LogP contribution in [0.1, 0.15) is 46.0 Å². The van der Waals surface area contributed by atoms with Gasteiger partial charge in [0.2, 0.25) is 0 Å². The molecule has 0 saturated heterocycles. The maximum absolute atomic E-state index is 5.26. The van der Waals surface area contributed by atoms with Crippen LogP contribution in [-0.2, 0) is 4.74 Å². The van der Waals surface area contributed by atoms with E-state index in [0.29, 0.717) is 11.5 Å². The predicted octanol–water partition coefficient (Wildman–Crippen LogP) is 2.99. The van der Waals surface area contributed by atoms with Gasteiger partial charge in [-0.05, 0) is 24.7 Å². The molecule has 11 heavy (non-hydrogen) atoms. The van der Waals surface area contributed by atoms with E-state index in [1.165, 1.54) is 32.1 Å². The van der Waals surface area contributed by atoms with Crippen LogP contribution < -0.4 is 0 Å². The van der Waals surface area contributed by atoms with Crippen molar-refractivity contribution >= 4 is 0 Å². The van der Waals surface area contributed by atoms with Crippen molar-refractivity contribution in [2.75, 3.05) is 7.11 Å². The SMILES string of the molecule is CCCCC1(C)CC(OC)C1. The van der Waals surface area contributed by atoms with Crippen LogP contribution in [0.5, 0.6) is 0 Å². The lowest BCUT2D eigenvalue weighted by Gasteiger charge is -2.44. The van der Waals surface area contributed by atoms with E-state index in [0.717, 1.165) is 0 Å². The molecule has 0 atom stereocenters. The van der Waals surface area contributed by atoms with Gasteiger partial charge in [-0.25, -0.2) is 0 Å². The molecule has 0 aliphatic heterocycles. The first-order valence-corrected chi connectivity index (χ1v) is 4.73. The Morgan fingerprint density at radius 1 is 1.45 bits per heavy atom. The number of unbranched alkanes of at least 4 members (excludes halogenated alkanes) is 1. The highest BCUT2D eigenvalue weighted by Crippen LogP contribution is 2.45. The molecule has 0 unspecified atom stereocenters. The molecule has 1 saturated carbocycles. The minimum absolute atomic E-state index is 0.567. The topological polar surface area (TPSA) is 9.23 Å². The Hall–Kier alpha value is -0.0400. The quantitative estimate of drug-likeness (QED) is 0.608. The third-order valence-electron chi connectivity index (χ3n) is 2.91. The van der Waals surface area contributed by atoms with Gasteiger partial charge < -0.3 is 4.74 Å². The standard InChI is InChI=1S/C10H20O/c1-4-5-6-10(2)7-9(8-10)11-3/h9H,4-8H2,1-3H3. The maximum Gasteiger partial charge on any atom is 0.0581 e. The summed E-state index contributed by atoms with van der Waals surface area (Å²) in [4.78, 5) is 0. The summed E-state index contributed by atoms with van der Waals surface area (Å²) >= 11 is 0. The first kappa shape index (κ1) is 9.05. The first-order valence-electron chi connectivity index (χ1n) is 4.73. The highest BCUT2D eigenvalue weighted by Gasteiger charge is 2.39. The van der Waals surface area contributed by atoms with E-state index in [9.17, 15) is 0 Å². The second kappa shape index (κ2) is 3.57. The second-order valence-electron chi connectivity index (χ2n) is 4.18. The van der Waals surface area contributed by atoms with E-state index in [1.807, 2.05) is 7.11 Å². The van der Waals surface area contributed by atoms with Gasteiger partial charge in [0.25, 0.3) is 0 Å². The average molecular weight is 156 g/mol. The number of hydrogen-bond acceptors (Lipinski definition) is 1. The van der Waals surface area contributed by atoms with Crippen molar-refractivity contribution in [3.63, 3.8) is 0 Å². The van der Waals surface area contributed by atoms with E-state index in [2.05, 4.69) is 13.8 Å². The highest BCUT2D eigenvalue weighted by atomic mass is 16.5. The highest BCUT2D eigenvalue weighted by molar-refractivity contribution is 4.90. The molecule has 0 aromatic carbocycles. The van der Waals surface area contributed by atoms with Gasteiger partial charge in [0, 0.05) is 7.11 Å². The van der Waals surface area contributed by atoms with Crippen LogP contribution in [0.15, 0.2) is 0 Å². The summed E-state index contributed by atoms with van der Waals surface area (Å²) in [5.41, 5.74) is 0.622. The molecule has 0 bridgehead atoms. The van der Waals surface area contributed by atoms with Crippen molar-refractivity contribution in [3.8, 4) is 0 Å². The first-order chi connectivity index (χ1) is 5.20. The van der Waals surface area contributed by atoms with Crippen LogP contribution in [0.4, 0.5) is 0 Å². The number of hydrogen-bond donors (Lipinski definition) is 0. The van der Waals surface area contributed by atoms with Crippen molar-refractivity contribution in [3.05, 3.63) is 0 Å². The van der Waals surface area contributed by atoms with Crippen molar-refractivity contribution in [2.24, 2.45) is 5.41 Å². The summed E-state index contributed by atoms with van der Waals surface area (Å²) in [5.74, 6) is 0. The zero-order chi connectivity index (χ0) is 8.32. The Bertz CT molecular complexity index is 109. The Morgan fingerprint density at radius 2 is 2.09 bits per heavy atom. The van der Waals surface area contributed by atoms with Crippen LogP contribution in [0.3, 0.4) is 0 Å². The van der Waals surface area contributed by atoms with E-state index >= 15 is 0 Å². The summed E-state index contributed by atoms with van der Waals surface area (Å²) < 4.78 is 5.26. The van der Waals surface area contributed by atoms with Gasteiger partial charge in [0.15, 0.2) is 0 Å². The van der Waals surface area contributed by atoms with Gasteiger partial charge in [-0.2, -0.15) is 0 Å². The lowest BCUT2D eigenvalue weighted by atomic mass is 9.65. The summed E-state index contributed by atoms with van der Waals surface area (Å²) in [7, 11) is 1.82. The zero-order valence-electron chi connectivity index (χ0n) is 8.02. The van der Waals surface area contributed by atoms with Gasteiger partial charge in [-0.3, -0.25) is 0 Å². The second-order valence-corrected chi connectivity index (χ2v) is 4.18. The molecule has 1 nitrogen and oxygen atoms in total. The predicted molar refractivity (Wildman–Crippen MR) is 47.7 cm³/mol. The van der Waals surface area contributed by atoms with Crippen molar-refractivity contribution in [1.82, 2.24) is 0 Å². The van der Waals surface area contributed by atoms with Crippen LogP contribution in [0.2, 0.25) is 0 Å². The summed E-state index contributed by atoms with van der Waals surface area (Å²) in [6, 6.07) is 0. The molecule has 0 spiro atoms. The Balaban J connectivity index is 2.15. The Kier molecular flexibility index (Phi) is 2.94.